The molecule has 38 heavy (non-hydrogen) atoms. The number of hydrogen-bond acceptors (Lipinski definition) is 6. The monoisotopic (exact) mass is 508 g/mol. The summed E-state index contributed by atoms with van der Waals surface area (Å²) in [6.07, 6.45) is 1.04. The number of carbonyl (C=O) groups is 1. The smallest absolute Gasteiger partial charge is 0.416 e. The van der Waals surface area contributed by atoms with E-state index >= 15 is 0 Å². The lowest BCUT2D eigenvalue weighted by molar-refractivity contribution is 0.0576. The van der Waals surface area contributed by atoms with E-state index in [2.05, 4.69) is 26.7 Å². The second-order valence-corrected chi connectivity index (χ2v) is 9.58. The molecule has 4 aromatic rings. The van der Waals surface area contributed by atoms with Gasteiger partial charge < -0.3 is 19.8 Å². The Morgan fingerprint density at radius 1 is 1.18 bits per heavy atom. The van der Waals surface area contributed by atoms with Crippen molar-refractivity contribution in [1.29, 1.82) is 0 Å². The first kappa shape index (κ1) is 26.1. The predicted octanol–water partition coefficient (Wildman–Crippen LogP) is 5.45. The number of fused-ring (bicyclic) bond motifs is 1. The highest BCUT2D eigenvalue weighted by atomic mass is 16.6. The van der Waals surface area contributed by atoms with Crippen LogP contribution in [0.2, 0.25) is 0 Å². The zero-order chi connectivity index (χ0) is 27.4. The van der Waals surface area contributed by atoms with Crippen LogP contribution in [0.5, 0.6) is 5.75 Å². The Labute approximate surface area is 221 Å². The molecule has 192 valence electrons. The molecule has 9 heteroatoms. The molecule has 0 atom stereocenters. The summed E-state index contributed by atoms with van der Waals surface area (Å²) in [5, 5.41) is 0. The molecule has 2 N–H and O–H groups in total. The second kappa shape index (κ2) is 10.5. The van der Waals surface area contributed by atoms with Crippen molar-refractivity contribution in [2.75, 3.05) is 17.7 Å². The molecule has 0 aliphatic carbocycles. The van der Waals surface area contributed by atoms with Gasteiger partial charge >= 0.3 is 6.09 Å². The van der Waals surface area contributed by atoms with Crippen LogP contribution in [0.15, 0.2) is 54.9 Å². The van der Waals surface area contributed by atoms with Crippen LogP contribution < -0.4 is 15.4 Å². The van der Waals surface area contributed by atoms with Gasteiger partial charge in [-0.05, 0) is 50.6 Å². The number of nitrogens with zero attached hydrogens (tertiary/aromatic N) is 5. The Hall–Kier alpha value is -5.02. The maximum atomic E-state index is 13.4. The number of amides is 1. The molecule has 0 radical (unpaired) electrons. The topological polar surface area (TPSA) is 99.9 Å². The van der Waals surface area contributed by atoms with Crippen LogP contribution in [0.25, 0.3) is 15.9 Å². The van der Waals surface area contributed by atoms with E-state index in [0.29, 0.717) is 33.6 Å². The molecule has 1 amide bonds. The first-order valence-corrected chi connectivity index (χ1v) is 11.8. The quantitative estimate of drug-likeness (QED) is 0.291. The molecular weight excluding hydrogens is 480 g/mol. The zero-order valence-corrected chi connectivity index (χ0v) is 21.9. The molecule has 0 spiro atoms. The van der Waals surface area contributed by atoms with Crippen LogP contribution >= 0.6 is 0 Å². The number of nitrogen functional groups attached to an aromatic ring is 1. The molecular formula is C29H28N6O3. The van der Waals surface area contributed by atoms with E-state index in [-0.39, 0.29) is 18.2 Å². The minimum atomic E-state index is -0.727. The lowest BCUT2D eigenvalue weighted by Crippen LogP contribution is -2.37. The molecule has 0 unspecified atom stereocenters. The number of aromatic nitrogens is 3. The zero-order valence-electron chi connectivity index (χ0n) is 21.9. The number of nitrogens with two attached hydrogens (primary N) is 1. The van der Waals surface area contributed by atoms with E-state index < -0.39 is 11.7 Å². The van der Waals surface area contributed by atoms with E-state index in [1.54, 1.807) is 57.0 Å². The third-order valence-electron chi connectivity index (χ3n) is 5.54. The first-order chi connectivity index (χ1) is 18.1. The van der Waals surface area contributed by atoms with Gasteiger partial charge in [-0.25, -0.2) is 19.6 Å². The molecule has 0 saturated carbocycles. The van der Waals surface area contributed by atoms with E-state index in [0.717, 1.165) is 5.56 Å². The highest BCUT2D eigenvalue weighted by Gasteiger charge is 2.28. The fraction of sp³-hybridized carbons (Fsp3) is 0.241. The average molecular weight is 509 g/mol. The van der Waals surface area contributed by atoms with Gasteiger partial charge in [0.15, 0.2) is 11.5 Å². The lowest BCUT2D eigenvalue weighted by Gasteiger charge is -2.27. The average Bonchev–Trinajstić information content (AvgIpc) is 3.27. The Bertz CT molecular complexity index is 1600. The highest BCUT2D eigenvalue weighted by molar-refractivity contribution is 6.00. The normalized spacial score (nSPS) is 10.8. The van der Waals surface area contributed by atoms with Crippen LogP contribution in [0.1, 0.15) is 37.5 Å². The molecule has 2 heterocycles. The van der Waals surface area contributed by atoms with Crippen molar-refractivity contribution in [3.63, 3.8) is 0 Å². The Kier molecular flexibility index (Phi) is 7.22. The maximum Gasteiger partial charge on any atom is 0.416 e. The van der Waals surface area contributed by atoms with Crippen LogP contribution in [0, 0.1) is 18.4 Å². The van der Waals surface area contributed by atoms with Crippen LogP contribution in [0.4, 0.5) is 22.1 Å². The Morgan fingerprint density at radius 2 is 1.92 bits per heavy atom. The maximum absolute atomic E-state index is 13.4. The lowest BCUT2D eigenvalue weighted by atomic mass is 10.1. The third-order valence-corrected chi connectivity index (χ3v) is 5.54. The number of aryl methyl sites for hydroxylation is 1. The van der Waals surface area contributed by atoms with Crippen molar-refractivity contribution in [3.8, 4) is 17.6 Å². The fourth-order valence-corrected chi connectivity index (χ4v) is 3.79. The number of anilines is 2. The summed E-state index contributed by atoms with van der Waals surface area (Å²) >= 11 is 0. The second-order valence-electron chi connectivity index (χ2n) is 9.58. The summed E-state index contributed by atoms with van der Waals surface area (Å²) < 4.78 is 12.8. The molecule has 0 aliphatic rings. The highest BCUT2D eigenvalue weighted by Crippen LogP contribution is 2.31. The van der Waals surface area contributed by atoms with Crippen LogP contribution in [-0.2, 0) is 18.3 Å². The number of benzene rings is 2. The van der Waals surface area contributed by atoms with Gasteiger partial charge in [-0.15, -0.1) is 0 Å². The summed E-state index contributed by atoms with van der Waals surface area (Å²) in [5.74, 6) is 7.28. The van der Waals surface area contributed by atoms with Crippen molar-refractivity contribution in [3.05, 3.63) is 83.0 Å². The van der Waals surface area contributed by atoms with Crippen molar-refractivity contribution < 1.29 is 14.3 Å². The van der Waals surface area contributed by atoms with Gasteiger partial charge in [0.1, 0.15) is 22.7 Å². The van der Waals surface area contributed by atoms with Gasteiger partial charge in [0, 0.05) is 12.6 Å². The summed E-state index contributed by atoms with van der Waals surface area (Å²) in [4.78, 5) is 27.4. The van der Waals surface area contributed by atoms with Crippen LogP contribution in [0.3, 0.4) is 0 Å². The van der Waals surface area contributed by atoms with Gasteiger partial charge in [0.05, 0.1) is 37.6 Å². The number of rotatable bonds is 4. The van der Waals surface area contributed by atoms with Crippen LogP contribution in [-0.4, -0.2) is 33.3 Å². The van der Waals surface area contributed by atoms with Gasteiger partial charge in [-0.1, -0.05) is 36.1 Å². The number of carbonyl (C=O) groups excluding carboxylic acids is 1. The number of hydrogen-bond donors (Lipinski definition) is 1. The molecule has 0 saturated heterocycles. The summed E-state index contributed by atoms with van der Waals surface area (Å²) in [6, 6.07) is 14.4. The summed E-state index contributed by atoms with van der Waals surface area (Å²) in [5.41, 5.74) is 9.28. The minimum absolute atomic E-state index is 0.147. The Balaban J connectivity index is 1.84. The largest absolute Gasteiger partial charge is 0.497 e. The van der Waals surface area contributed by atoms with Gasteiger partial charge in [0.2, 0.25) is 0 Å². The summed E-state index contributed by atoms with van der Waals surface area (Å²) in [7, 11) is 3.42. The number of pyridine rings is 1. The number of ether oxygens (including phenoxy) is 2. The SMILES string of the molecule is [C-]#[N+]c1cccc(C#Cc2c(N)nc(N(Cc3ccc(OC)cc3)C(=O)OC(C)(C)C)c3ncn(C)c23)c1. The van der Waals surface area contributed by atoms with Crippen molar-refractivity contribution in [2.45, 2.75) is 32.9 Å². The van der Waals surface area contributed by atoms with Gasteiger partial charge in [-0.3, -0.25) is 4.90 Å². The molecule has 2 aromatic carbocycles. The fourth-order valence-electron chi connectivity index (χ4n) is 3.79. The van der Waals surface area contributed by atoms with E-state index in [9.17, 15) is 4.79 Å². The minimum Gasteiger partial charge on any atom is -0.497 e. The standard InChI is InChI=1S/C29H28N6O3/c1-29(2,3)38-28(36)35(17-20-10-13-22(37-6)14-11-20)27-24-25(34(5)18-32-24)23(26(30)33-27)15-12-19-8-7-9-21(16-19)31-4/h7-11,13-14,16,18H,17H2,1-3,5-6H3,(H2,30,33). The molecule has 9 nitrogen and oxygen atoms in total. The van der Waals surface area contributed by atoms with Crippen molar-refractivity contribution in [2.24, 2.45) is 7.05 Å². The van der Waals surface area contributed by atoms with E-state index in [1.165, 1.54) is 4.90 Å². The van der Waals surface area contributed by atoms with Crippen molar-refractivity contribution in [1.82, 2.24) is 14.5 Å². The van der Waals surface area contributed by atoms with Crippen molar-refractivity contribution >= 4 is 34.4 Å². The first-order valence-electron chi connectivity index (χ1n) is 11.8. The number of methoxy groups -OCH3 is 1. The molecule has 2 aromatic heterocycles. The molecule has 0 fully saturated rings. The number of imidazole rings is 1. The van der Waals surface area contributed by atoms with E-state index in [1.807, 2.05) is 37.4 Å². The summed E-state index contributed by atoms with van der Waals surface area (Å²) in [6.45, 7) is 12.8. The van der Waals surface area contributed by atoms with Gasteiger partial charge in [-0.2, -0.15) is 0 Å². The van der Waals surface area contributed by atoms with E-state index in [4.69, 9.17) is 21.8 Å². The Morgan fingerprint density at radius 3 is 2.58 bits per heavy atom. The molecule has 0 aliphatic heterocycles. The third kappa shape index (κ3) is 5.69. The molecule has 4 rings (SSSR count). The molecule has 0 bridgehead atoms. The van der Waals surface area contributed by atoms with Gasteiger partial charge in [0.25, 0.3) is 0 Å². The predicted molar refractivity (Wildman–Crippen MR) is 147 cm³/mol.